The molecule has 2 N–H and O–H groups in total. The Morgan fingerprint density at radius 3 is 2.72 bits per heavy atom. The van der Waals surface area contributed by atoms with E-state index < -0.39 is 29.3 Å². The molecule has 164 valence electrons. The average molecular weight is 460 g/mol. The molecule has 1 fully saturated rings. The zero-order valence-corrected chi connectivity index (χ0v) is 17.2. The Morgan fingerprint density at radius 1 is 1.28 bits per heavy atom. The van der Waals surface area contributed by atoms with Gasteiger partial charge in [0.05, 0.1) is 16.0 Å². The third kappa shape index (κ3) is 4.11. The van der Waals surface area contributed by atoms with Crippen LogP contribution in [0.4, 0.5) is 18.0 Å². The number of fused-ring (bicyclic) bond motifs is 1. The Hall–Kier alpha value is -3.60. The predicted molar refractivity (Wildman–Crippen MR) is 114 cm³/mol. The number of nitrogens with zero attached hydrogens (tertiary/aromatic N) is 3. The van der Waals surface area contributed by atoms with Crippen molar-refractivity contribution >= 4 is 45.8 Å². The summed E-state index contributed by atoms with van der Waals surface area (Å²) in [5.74, 6) is -1.03. The van der Waals surface area contributed by atoms with Crippen molar-refractivity contribution in [2.24, 2.45) is 4.99 Å². The van der Waals surface area contributed by atoms with Crippen LogP contribution in [-0.4, -0.2) is 39.0 Å². The molecule has 0 saturated carbocycles. The first-order chi connectivity index (χ1) is 15.2. The number of amidine groups is 1. The average Bonchev–Trinajstić information content (AvgIpc) is 3.29. The number of carboxylic acid groups (broad SMARTS) is 1. The van der Waals surface area contributed by atoms with Gasteiger partial charge in [0.25, 0.3) is 5.24 Å². The van der Waals surface area contributed by atoms with Crippen molar-refractivity contribution in [3.63, 3.8) is 0 Å². The van der Waals surface area contributed by atoms with Gasteiger partial charge < -0.3 is 10.4 Å². The largest absolute Gasteiger partial charge is 0.479 e. The van der Waals surface area contributed by atoms with Gasteiger partial charge in [0.2, 0.25) is 0 Å². The van der Waals surface area contributed by atoms with Crippen molar-refractivity contribution in [2.75, 3.05) is 7.05 Å². The first kappa shape index (κ1) is 21.6. The molecule has 1 atom stereocenters. The first-order valence-corrected chi connectivity index (χ1v) is 10.0. The lowest BCUT2D eigenvalue weighted by atomic mass is 10.00. The lowest BCUT2D eigenvalue weighted by molar-refractivity contribution is -0.142. The number of carboxylic acids is 1. The number of aliphatic carboxylic acids is 1. The molecule has 1 aliphatic rings. The molecular weight excluding hydrogens is 445 g/mol. The number of thioether (sulfide) groups is 1. The number of hydrogen-bond acceptors (Lipinski definition) is 5. The number of aromatic nitrogens is 2. The molecule has 11 heteroatoms. The van der Waals surface area contributed by atoms with Crippen LogP contribution in [0.15, 0.2) is 58.6 Å². The quantitative estimate of drug-likeness (QED) is 0.595. The van der Waals surface area contributed by atoms with Crippen molar-refractivity contribution in [2.45, 2.75) is 12.2 Å². The summed E-state index contributed by atoms with van der Waals surface area (Å²) in [4.78, 5) is 28.2. The lowest BCUT2D eigenvalue weighted by Gasteiger charge is -2.18. The Labute approximate surface area is 183 Å². The van der Waals surface area contributed by atoms with Crippen LogP contribution >= 0.6 is 11.8 Å². The Balaban J connectivity index is 1.77. The van der Waals surface area contributed by atoms with Gasteiger partial charge in [0.15, 0.2) is 6.04 Å². The Kier molecular flexibility index (Phi) is 5.51. The van der Waals surface area contributed by atoms with E-state index in [-0.39, 0.29) is 5.24 Å². The molecule has 1 saturated heterocycles. The highest BCUT2D eigenvalue weighted by atomic mass is 32.2. The number of hydrogen-bond donors (Lipinski definition) is 2. The van der Waals surface area contributed by atoms with Gasteiger partial charge in [-0.15, -0.1) is 0 Å². The summed E-state index contributed by atoms with van der Waals surface area (Å²) in [7, 11) is 1.55. The van der Waals surface area contributed by atoms with E-state index in [1.54, 1.807) is 31.3 Å². The van der Waals surface area contributed by atoms with Crippen LogP contribution < -0.4 is 5.32 Å². The van der Waals surface area contributed by atoms with Crippen LogP contribution in [0.1, 0.15) is 22.7 Å². The van der Waals surface area contributed by atoms with Gasteiger partial charge in [-0.1, -0.05) is 24.3 Å². The number of rotatable bonds is 4. The fourth-order valence-corrected chi connectivity index (χ4v) is 4.20. The maximum absolute atomic E-state index is 13.5. The zero-order chi connectivity index (χ0) is 23.0. The van der Waals surface area contributed by atoms with Crippen LogP contribution in [0, 0.1) is 0 Å². The Morgan fingerprint density at radius 2 is 2.03 bits per heavy atom. The molecule has 0 radical (unpaired) electrons. The monoisotopic (exact) mass is 460 g/mol. The van der Waals surface area contributed by atoms with E-state index in [2.05, 4.69) is 15.4 Å². The number of alkyl halides is 3. The van der Waals surface area contributed by atoms with Gasteiger partial charge in [0.1, 0.15) is 5.84 Å². The van der Waals surface area contributed by atoms with Gasteiger partial charge >= 0.3 is 12.1 Å². The molecule has 1 amide bonds. The molecular formula is C21H15F3N4O3S. The first-order valence-electron chi connectivity index (χ1n) is 9.23. The van der Waals surface area contributed by atoms with Gasteiger partial charge in [-0.25, -0.2) is 4.79 Å². The van der Waals surface area contributed by atoms with Gasteiger partial charge in [-0.3, -0.25) is 14.5 Å². The summed E-state index contributed by atoms with van der Waals surface area (Å²) in [5.41, 5.74) is -0.321. The summed E-state index contributed by atoms with van der Waals surface area (Å²) in [6.07, 6.45) is -1.59. The van der Waals surface area contributed by atoms with E-state index in [9.17, 15) is 27.9 Å². The second-order valence-electron chi connectivity index (χ2n) is 6.85. The van der Waals surface area contributed by atoms with Crippen LogP contribution in [0.2, 0.25) is 0 Å². The van der Waals surface area contributed by atoms with Gasteiger partial charge in [0, 0.05) is 18.6 Å². The van der Waals surface area contributed by atoms with Crippen molar-refractivity contribution in [3.8, 4) is 0 Å². The molecule has 32 heavy (non-hydrogen) atoms. The van der Waals surface area contributed by atoms with Crippen molar-refractivity contribution in [1.82, 2.24) is 15.1 Å². The molecule has 0 aliphatic carbocycles. The van der Waals surface area contributed by atoms with Gasteiger partial charge in [-0.05, 0) is 47.2 Å². The van der Waals surface area contributed by atoms with E-state index in [1.807, 2.05) is 0 Å². The van der Waals surface area contributed by atoms with E-state index >= 15 is 0 Å². The van der Waals surface area contributed by atoms with E-state index in [0.717, 1.165) is 28.6 Å². The van der Waals surface area contributed by atoms with Crippen LogP contribution in [0.3, 0.4) is 0 Å². The third-order valence-corrected chi connectivity index (χ3v) is 5.60. The third-order valence-electron chi connectivity index (χ3n) is 4.78. The number of aliphatic imine (C=N–C) groups is 1. The number of carbonyl (C=O) groups is 2. The van der Waals surface area contributed by atoms with Crippen molar-refractivity contribution in [1.29, 1.82) is 0 Å². The standard InChI is InChI=1S/C21H15F3N4O3S/c1-25-18-16(32-20(31)26-18)9-11-6-7-15-12(8-11)10-28(27-15)17(19(29)30)13-4-2-3-5-14(13)21(22,23)24/h2-10,17H,1H3,(H,29,30)(H,25,26,31)/b16-9-. The highest BCUT2D eigenvalue weighted by Gasteiger charge is 2.37. The molecule has 1 unspecified atom stereocenters. The highest BCUT2D eigenvalue weighted by molar-refractivity contribution is 8.18. The minimum atomic E-state index is -4.71. The minimum Gasteiger partial charge on any atom is -0.479 e. The van der Waals surface area contributed by atoms with E-state index in [1.165, 1.54) is 18.3 Å². The van der Waals surface area contributed by atoms with Crippen molar-refractivity contribution < 1.29 is 27.9 Å². The Bertz CT molecular complexity index is 1300. The highest BCUT2D eigenvalue weighted by Crippen LogP contribution is 2.36. The molecule has 2 heterocycles. The number of benzene rings is 2. The van der Waals surface area contributed by atoms with E-state index in [4.69, 9.17) is 0 Å². The minimum absolute atomic E-state index is 0.252. The summed E-state index contributed by atoms with van der Waals surface area (Å²) in [6.45, 7) is 0. The second kappa shape index (κ2) is 8.15. The van der Waals surface area contributed by atoms with E-state index in [0.29, 0.717) is 27.2 Å². The van der Waals surface area contributed by atoms with Crippen molar-refractivity contribution in [3.05, 3.63) is 70.3 Å². The van der Waals surface area contributed by atoms with Gasteiger partial charge in [-0.2, -0.15) is 18.3 Å². The van der Waals surface area contributed by atoms with Crippen LogP contribution in [0.25, 0.3) is 17.0 Å². The molecule has 3 aromatic rings. The van der Waals surface area contributed by atoms with Crippen LogP contribution in [-0.2, 0) is 11.0 Å². The zero-order valence-electron chi connectivity index (χ0n) is 16.4. The summed E-state index contributed by atoms with van der Waals surface area (Å²) in [5, 5.41) is 16.8. The number of amides is 1. The molecule has 1 aliphatic heterocycles. The molecule has 1 aromatic heterocycles. The maximum Gasteiger partial charge on any atom is 0.416 e. The molecule has 7 nitrogen and oxygen atoms in total. The molecule has 4 rings (SSSR count). The van der Waals surface area contributed by atoms with Crippen LogP contribution in [0.5, 0.6) is 0 Å². The summed E-state index contributed by atoms with van der Waals surface area (Å²) in [6, 6.07) is 7.93. The SMILES string of the molecule is CN=C1NC(=O)S/C1=C\c1ccc2nn(C(C(=O)O)c3ccccc3C(F)(F)F)cc2c1. The lowest BCUT2D eigenvalue weighted by Crippen LogP contribution is -2.24. The number of halogens is 3. The topological polar surface area (TPSA) is 96.6 Å². The molecule has 2 aromatic carbocycles. The number of nitrogens with one attached hydrogen (secondary N) is 1. The predicted octanol–water partition coefficient (Wildman–Crippen LogP) is 4.55. The summed E-state index contributed by atoms with van der Waals surface area (Å²) < 4.78 is 41.4. The summed E-state index contributed by atoms with van der Waals surface area (Å²) >= 11 is 0.989. The smallest absolute Gasteiger partial charge is 0.416 e. The maximum atomic E-state index is 13.5. The fourth-order valence-electron chi connectivity index (χ4n) is 3.41. The molecule has 0 spiro atoms. The second-order valence-corrected chi connectivity index (χ2v) is 7.86. The molecule has 0 bridgehead atoms. The fraction of sp³-hybridized carbons (Fsp3) is 0.143. The normalized spacial score (nSPS) is 17.8. The number of carbonyl (C=O) groups excluding carboxylic acids is 1.